The fourth-order valence-electron chi connectivity index (χ4n) is 12.1. The Morgan fingerprint density at radius 3 is 1.13 bits per heavy atom. The summed E-state index contributed by atoms with van der Waals surface area (Å²) in [6, 6.07) is -1.03. The lowest BCUT2D eigenvalue weighted by Crippen LogP contribution is -2.61. The highest BCUT2D eigenvalue weighted by atomic mass is 16.7. The van der Waals surface area contributed by atoms with E-state index in [9.17, 15) is 35.1 Å². The first-order valence-corrected chi connectivity index (χ1v) is 39.4. The number of aliphatic hydroxyl groups is 5. The second-order valence-corrected chi connectivity index (χ2v) is 27.1. The maximum absolute atomic E-state index is 13.5. The van der Waals surface area contributed by atoms with Crippen molar-refractivity contribution < 1.29 is 49.3 Å². The Bertz CT molecular complexity index is 1840. The number of ether oxygens (including phenoxy) is 3. The quantitative estimate of drug-likeness (QED) is 0.0195. The van der Waals surface area contributed by atoms with E-state index in [0.717, 1.165) is 89.9 Å². The monoisotopic (exact) mass is 1310 g/mol. The van der Waals surface area contributed by atoms with Gasteiger partial charge in [0.1, 0.15) is 24.4 Å². The van der Waals surface area contributed by atoms with Gasteiger partial charge in [-0.15, -0.1) is 0 Å². The molecule has 1 saturated heterocycles. The number of nitrogens with one attached hydrogen (secondary N) is 1. The van der Waals surface area contributed by atoms with Crippen molar-refractivity contribution in [3.05, 3.63) is 85.1 Å². The molecule has 0 saturated carbocycles. The van der Waals surface area contributed by atoms with Crippen LogP contribution in [0.5, 0.6) is 0 Å². The summed E-state index contributed by atoms with van der Waals surface area (Å²) >= 11 is 0. The van der Waals surface area contributed by atoms with E-state index in [-0.39, 0.29) is 19.4 Å². The standard InChI is InChI=1S/C82H147NO10/c1-4-7-10-13-16-19-22-25-27-29-31-33-35-37-39-40-42-44-46-48-51-54-57-60-63-66-69-75(86)81(90)83-73(74(85)68-65-62-59-56-53-50-24-21-18-15-12-9-6-3)72-91-82-80(79(89)78(88)76(71-84)92-82)93-77(87)70-67-64-61-58-55-52-49-47-45-43-41-38-36-34-32-30-28-26-23-20-17-14-11-8-5-2/h16-17,19-20,25-28,31,33,37,39,65,68,73-76,78-80,82,84-86,88-89H,4-15,18,21-24,29-30,32,34-36,38,40-64,66-67,69-72H2,1-3H3,(H,83,90)/b19-16-,20-17-,27-25-,28-26-,33-31-,39-37-,68-65+. The molecule has 1 aliphatic rings. The summed E-state index contributed by atoms with van der Waals surface area (Å²) in [7, 11) is 0. The van der Waals surface area contributed by atoms with E-state index in [1.165, 1.54) is 225 Å². The van der Waals surface area contributed by atoms with E-state index < -0.39 is 67.4 Å². The zero-order valence-corrected chi connectivity index (χ0v) is 60.4. The van der Waals surface area contributed by atoms with Crippen LogP contribution in [0.1, 0.15) is 361 Å². The molecule has 1 rings (SSSR count). The number of hydrogen-bond donors (Lipinski definition) is 6. The third kappa shape index (κ3) is 55.5. The lowest BCUT2D eigenvalue weighted by Gasteiger charge is -2.41. The normalized spacial score (nSPS) is 18.3. The average molecular weight is 1310 g/mol. The number of amides is 1. The van der Waals surface area contributed by atoms with Gasteiger partial charge in [-0.25, -0.2) is 0 Å². The second kappa shape index (κ2) is 68.8. The van der Waals surface area contributed by atoms with Gasteiger partial charge in [0, 0.05) is 6.42 Å². The Balaban J connectivity index is 2.53. The van der Waals surface area contributed by atoms with Crippen LogP contribution in [0, 0.1) is 0 Å². The topological polar surface area (TPSA) is 175 Å². The molecule has 0 radical (unpaired) electrons. The first-order valence-electron chi connectivity index (χ1n) is 39.4. The lowest BCUT2D eigenvalue weighted by atomic mass is 9.99. The van der Waals surface area contributed by atoms with Crippen LogP contribution in [0.15, 0.2) is 85.1 Å². The van der Waals surface area contributed by atoms with E-state index in [4.69, 9.17) is 14.2 Å². The number of esters is 1. The summed E-state index contributed by atoms with van der Waals surface area (Å²) < 4.78 is 17.8. The van der Waals surface area contributed by atoms with Gasteiger partial charge in [0.05, 0.1) is 25.4 Å². The summed E-state index contributed by atoms with van der Waals surface area (Å²) in [4.78, 5) is 26.8. The van der Waals surface area contributed by atoms with Crippen LogP contribution in [-0.4, -0.2) is 99.6 Å². The Morgan fingerprint density at radius 1 is 0.419 bits per heavy atom. The summed E-state index contributed by atoms with van der Waals surface area (Å²) in [5.74, 6) is -1.19. The molecule has 0 aromatic carbocycles. The maximum Gasteiger partial charge on any atom is 0.306 e. The molecule has 0 bridgehead atoms. The summed E-state index contributed by atoms with van der Waals surface area (Å²) in [6.45, 7) is 5.79. The summed E-state index contributed by atoms with van der Waals surface area (Å²) in [5, 5.41) is 57.5. The van der Waals surface area contributed by atoms with E-state index in [1.807, 2.05) is 6.08 Å². The molecule has 0 aliphatic carbocycles. The fourth-order valence-corrected chi connectivity index (χ4v) is 12.1. The van der Waals surface area contributed by atoms with Gasteiger partial charge in [0.2, 0.25) is 5.91 Å². The highest BCUT2D eigenvalue weighted by Crippen LogP contribution is 2.27. The highest BCUT2D eigenvalue weighted by Gasteiger charge is 2.47. The molecule has 11 nitrogen and oxygen atoms in total. The molecule has 8 unspecified atom stereocenters. The Hall–Kier alpha value is -3.16. The highest BCUT2D eigenvalue weighted by molar-refractivity contribution is 5.80. The number of hydrogen-bond acceptors (Lipinski definition) is 10. The minimum Gasteiger partial charge on any atom is -0.454 e. The maximum atomic E-state index is 13.5. The van der Waals surface area contributed by atoms with Gasteiger partial charge in [-0.05, 0) is 103 Å². The largest absolute Gasteiger partial charge is 0.454 e. The molecule has 540 valence electrons. The van der Waals surface area contributed by atoms with Crippen molar-refractivity contribution in [3.8, 4) is 0 Å². The molecule has 0 aromatic heterocycles. The second-order valence-electron chi connectivity index (χ2n) is 27.1. The zero-order valence-electron chi connectivity index (χ0n) is 60.4. The molecule has 6 N–H and O–H groups in total. The van der Waals surface area contributed by atoms with E-state index in [0.29, 0.717) is 12.8 Å². The molecule has 1 heterocycles. The summed E-state index contributed by atoms with van der Waals surface area (Å²) in [5.41, 5.74) is 0. The van der Waals surface area contributed by atoms with Gasteiger partial charge in [-0.2, -0.15) is 0 Å². The van der Waals surface area contributed by atoms with Crippen molar-refractivity contribution in [1.29, 1.82) is 0 Å². The van der Waals surface area contributed by atoms with Gasteiger partial charge in [-0.1, -0.05) is 337 Å². The molecule has 8 atom stereocenters. The van der Waals surface area contributed by atoms with E-state index >= 15 is 0 Å². The Morgan fingerprint density at radius 2 is 0.742 bits per heavy atom. The summed E-state index contributed by atoms with van der Waals surface area (Å²) in [6.07, 6.45) is 81.9. The third-order valence-corrected chi connectivity index (χ3v) is 18.3. The van der Waals surface area contributed by atoms with Crippen LogP contribution >= 0.6 is 0 Å². The lowest BCUT2D eigenvalue weighted by molar-refractivity contribution is -0.305. The van der Waals surface area contributed by atoms with Crippen molar-refractivity contribution in [1.82, 2.24) is 5.32 Å². The molecule has 11 heteroatoms. The predicted molar refractivity (Wildman–Crippen MR) is 393 cm³/mol. The molecule has 1 amide bonds. The molecule has 1 fully saturated rings. The van der Waals surface area contributed by atoms with E-state index in [2.05, 4.69) is 99.0 Å². The number of aliphatic hydroxyl groups excluding tert-OH is 5. The van der Waals surface area contributed by atoms with Gasteiger partial charge in [-0.3, -0.25) is 9.59 Å². The van der Waals surface area contributed by atoms with Crippen molar-refractivity contribution in [2.75, 3.05) is 13.2 Å². The van der Waals surface area contributed by atoms with Crippen molar-refractivity contribution in [2.24, 2.45) is 0 Å². The molecule has 1 aliphatic heterocycles. The number of rotatable bonds is 68. The van der Waals surface area contributed by atoms with Gasteiger partial charge < -0.3 is 45.1 Å². The van der Waals surface area contributed by atoms with Crippen LogP contribution in [0.3, 0.4) is 0 Å². The van der Waals surface area contributed by atoms with Crippen LogP contribution in [0.4, 0.5) is 0 Å². The molecule has 0 spiro atoms. The smallest absolute Gasteiger partial charge is 0.306 e. The predicted octanol–water partition coefficient (Wildman–Crippen LogP) is 21.2. The van der Waals surface area contributed by atoms with E-state index in [1.54, 1.807) is 6.08 Å². The number of carbonyl (C=O) groups excluding carboxylic acids is 2. The average Bonchev–Trinajstić information content (AvgIpc) is 0.910. The molecule has 0 aromatic rings. The zero-order chi connectivity index (χ0) is 67.4. The number of unbranched alkanes of at least 4 members (excludes halogenated alkanes) is 42. The molecular weight excluding hydrogens is 1160 g/mol. The SMILES string of the molecule is CCCCC/C=C\C/C=C\C/C=C\C/C=C\CCCCCCCCCCCCC(O)C(=O)NC(COC1OC(CO)C(O)C(O)C1OC(=O)CCCCCCCCCCCCCCCCC/C=C\C/C=C\CCCCC)C(O)/C=C/CCCCCCCCCCCCC. The number of allylic oxidation sites excluding steroid dienone is 13. The number of carbonyl (C=O) groups is 2. The van der Waals surface area contributed by atoms with Crippen LogP contribution in [-0.2, 0) is 23.8 Å². The minimum absolute atomic E-state index is 0.123. The van der Waals surface area contributed by atoms with Crippen LogP contribution < -0.4 is 5.32 Å². The van der Waals surface area contributed by atoms with Crippen LogP contribution in [0.2, 0.25) is 0 Å². The fraction of sp³-hybridized carbons (Fsp3) is 0.805. The first-order chi connectivity index (χ1) is 45.7. The van der Waals surface area contributed by atoms with Gasteiger partial charge in [0.15, 0.2) is 12.4 Å². The van der Waals surface area contributed by atoms with Gasteiger partial charge in [0.25, 0.3) is 0 Å². The van der Waals surface area contributed by atoms with Crippen molar-refractivity contribution >= 4 is 11.9 Å². The molecular formula is C82H147NO10. The first kappa shape index (κ1) is 87.9. The van der Waals surface area contributed by atoms with Crippen molar-refractivity contribution in [2.45, 2.75) is 410 Å². The molecule has 93 heavy (non-hydrogen) atoms. The van der Waals surface area contributed by atoms with Crippen molar-refractivity contribution in [3.63, 3.8) is 0 Å². The minimum atomic E-state index is -1.62. The third-order valence-electron chi connectivity index (χ3n) is 18.3. The Kier molecular flexibility index (Phi) is 65.0. The Labute approximate surface area is 572 Å². The van der Waals surface area contributed by atoms with Gasteiger partial charge >= 0.3 is 5.97 Å². The van der Waals surface area contributed by atoms with Crippen LogP contribution in [0.25, 0.3) is 0 Å².